The number of carboxylic acid groups (broad SMARTS) is 1. The van der Waals surface area contributed by atoms with E-state index in [2.05, 4.69) is 10.9 Å². The van der Waals surface area contributed by atoms with Gasteiger partial charge in [0.25, 0.3) is 0 Å². The van der Waals surface area contributed by atoms with Crippen molar-refractivity contribution in [2.75, 3.05) is 13.1 Å². The standard InChI is InChI=1S/C13H14N2O3/c1-2-9-15(10-13(17)18)12(16)4-3-11-5-7-14-8-6-11/h1,5-8H,3-4,9-10H2,(H,17,18). The van der Waals surface area contributed by atoms with Gasteiger partial charge in [-0.2, -0.15) is 0 Å². The first-order valence-electron chi connectivity index (χ1n) is 5.45. The zero-order chi connectivity index (χ0) is 13.4. The van der Waals surface area contributed by atoms with Gasteiger partial charge in [0.2, 0.25) is 5.91 Å². The summed E-state index contributed by atoms with van der Waals surface area (Å²) < 4.78 is 0. The second-order valence-electron chi connectivity index (χ2n) is 3.70. The molecule has 1 amide bonds. The lowest BCUT2D eigenvalue weighted by Gasteiger charge is -2.17. The van der Waals surface area contributed by atoms with Crippen LogP contribution in [0.25, 0.3) is 0 Å². The van der Waals surface area contributed by atoms with Gasteiger partial charge < -0.3 is 10.0 Å². The average molecular weight is 246 g/mol. The smallest absolute Gasteiger partial charge is 0.323 e. The molecule has 0 fully saturated rings. The number of hydrogen-bond acceptors (Lipinski definition) is 3. The van der Waals surface area contributed by atoms with E-state index in [-0.39, 0.29) is 25.4 Å². The number of carbonyl (C=O) groups excluding carboxylic acids is 1. The zero-order valence-electron chi connectivity index (χ0n) is 9.87. The molecule has 94 valence electrons. The van der Waals surface area contributed by atoms with E-state index < -0.39 is 5.97 Å². The van der Waals surface area contributed by atoms with Crippen molar-refractivity contribution in [3.05, 3.63) is 30.1 Å². The highest BCUT2D eigenvalue weighted by Crippen LogP contribution is 2.03. The minimum absolute atomic E-state index is 0.0154. The summed E-state index contributed by atoms with van der Waals surface area (Å²) in [5, 5.41) is 8.67. The second-order valence-corrected chi connectivity index (χ2v) is 3.70. The van der Waals surface area contributed by atoms with Crippen molar-refractivity contribution in [2.24, 2.45) is 0 Å². The van der Waals surface area contributed by atoms with E-state index >= 15 is 0 Å². The molecule has 0 saturated carbocycles. The predicted octanol–water partition coefficient (Wildman–Crippen LogP) is 0.561. The summed E-state index contributed by atoms with van der Waals surface area (Å²) in [5.74, 6) is 0.960. The molecule has 1 N–H and O–H groups in total. The number of pyridine rings is 1. The van der Waals surface area contributed by atoms with Crippen LogP contribution in [0.4, 0.5) is 0 Å². The number of hydrogen-bond donors (Lipinski definition) is 1. The van der Waals surface area contributed by atoms with Gasteiger partial charge in [-0.25, -0.2) is 0 Å². The highest BCUT2D eigenvalue weighted by atomic mass is 16.4. The van der Waals surface area contributed by atoms with Crippen LogP contribution < -0.4 is 0 Å². The highest BCUT2D eigenvalue weighted by Gasteiger charge is 2.15. The fourth-order valence-corrected chi connectivity index (χ4v) is 1.46. The molecule has 0 unspecified atom stereocenters. The largest absolute Gasteiger partial charge is 0.480 e. The van der Waals surface area contributed by atoms with Crippen molar-refractivity contribution in [3.8, 4) is 12.3 Å². The third-order valence-corrected chi connectivity index (χ3v) is 2.34. The Labute approximate surface area is 105 Å². The quantitative estimate of drug-likeness (QED) is 0.744. The van der Waals surface area contributed by atoms with Crippen molar-refractivity contribution in [2.45, 2.75) is 12.8 Å². The Bertz CT molecular complexity index is 451. The molecule has 1 aromatic heterocycles. The van der Waals surface area contributed by atoms with Crippen molar-refractivity contribution in [3.63, 3.8) is 0 Å². The molecule has 5 heteroatoms. The molecule has 0 saturated heterocycles. The maximum Gasteiger partial charge on any atom is 0.323 e. The van der Waals surface area contributed by atoms with Crippen LogP contribution in [0.3, 0.4) is 0 Å². The Morgan fingerprint density at radius 3 is 2.61 bits per heavy atom. The Kier molecular flexibility index (Phi) is 5.39. The summed E-state index contributed by atoms with van der Waals surface area (Å²) >= 11 is 0. The second kappa shape index (κ2) is 7.07. The van der Waals surface area contributed by atoms with Crippen LogP contribution in [-0.4, -0.2) is 40.0 Å². The van der Waals surface area contributed by atoms with Gasteiger partial charge in [0.1, 0.15) is 6.54 Å². The monoisotopic (exact) mass is 246 g/mol. The van der Waals surface area contributed by atoms with Gasteiger partial charge in [0, 0.05) is 18.8 Å². The zero-order valence-corrected chi connectivity index (χ0v) is 9.87. The summed E-state index contributed by atoms with van der Waals surface area (Å²) in [6.07, 6.45) is 9.18. The fraction of sp³-hybridized carbons (Fsp3) is 0.308. The van der Waals surface area contributed by atoms with E-state index in [1.54, 1.807) is 12.4 Å². The number of nitrogens with zero attached hydrogens (tertiary/aromatic N) is 2. The maximum atomic E-state index is 11.8. The third kappa shape index (κ3) is 4.66. The van der Waals surface area contributed by atoms with E-state index in [1.807, 2.05) is 12.1 Å². The number of terminal acetylenes is 1. The van der Waals surface area contributed by atoms with Gasteiger partial charge in [-0.15, -0.1) is 6.42 Å². The molecule has 5 nitrogen and oxygen atoms in total. The number of aromatic nitrogens is 1. The molecule has 18 heavy (non-hydrogen) atoms. The number of aryl methyl sites for hydroxylation is 1. The van der Waals surface area contributed by atoms with Crippen LogP contribution in [0.15, 0.2) is 24.5 Å². The number of amides is 1. The van der Waals surface area contributed by atoms with E-state index in [0.717, 1.165) is 10.5 Å². The minimum Gasteiger partial charge on any atom is -0.480 e. The Hall–Kier alpha value is -2.35. The molecule has 0 aromatic carbocycles. The normalized spacial score (nSPS) is 9.50. The van der Waals surface area contributed by atoms with Crippen LogP contribution in [0, 0.1) is 12.3 Å². The molecule has 0 bridgehead atoms. The highest BCUT2D eigenvalue weighted by molar-refractivity contribution is 5.81. The third-order valence-electron chi connectivity index (χ3n) is 2.34. The molecular weight excluding hydrogens is 232 g/mol. The van der Waals surface area contributed by atoms with Crippen LogP contribution >= 0.6 is 0 Å². The van der Waals surface area contributed by atoms with Crippen molar-refractivity contribution in [1.82, 2.24) is 9.88 Å². The van der Waals surface area contributed by atoms with Gasteiger partial charge in [0.05, 0.1) is 6.54 Å². The number of carboxylic acids is 1. The Balaban J connectivity index is 2.52. The molecule has 0 atom stereocenters. The Morgan fingerprint density at radius 2 is 2.06 bits per heavy atom. The van der Waals surface area contributed by atoms with Crippen molar-refractivity contribution in [1.29, 1.82) is 0 Å². The maximum absolute atomic E-state index is 11.8. The predicted molar refractivity (Wildman–Crippen MR) is 65.6 cm³/mol. The summed E-state index contributed by atoms with van der Waals surface area (Å²) in [4.78, 5) is 27.4. The summed E-state index contributed by atoms with van der Waals surface area (Å²) in [6.45, 7) is -0.346. The molecule has 1 aromatic rings. The first-order valence-corrected chi connectivity index (χ1v) is 5.45. The van der Waals surface area contributed by atoms with Gasteiger partial charge >= 0.3 is 5.97 Å². The molecule has 0 aliphatic rings. The first-order chi connectivity index (χ1) is 8.63. The van der Waals surface area contributed by atoms with Crippen LogP contribution in [0.5, 0.6) is 0 Å². The molecule has 1 rings (SSSR count). The Morgan fingerprint density at radius 1 is 1.39 bits per heavy atom. The van der Waals surface area contributed by atoms with Crippen molar-refractivity contribution >= 4 is 11.9 Å². The molecular formula is C13H14N2O3. The van der Waals surface area contributed by atoms with Gasteiger partial charge in [-0.05, 0) is 24.1 Å². The summed E-state index contributed by atoms with van der Waals surface area (Å²) in [5.41, 5.74) is 0.981. The molecule has 0 radical (unpaired) electrons. The minimum atomic E-state index is -1.07. The van der Waals surface area contributed by atoms with Crippen LogP contribution in [0.1, 0.15) is 12.0 Å². The molecule has 0 aliphatic carbocycles. The van der Waals surface area contributed by atoms with E-state index in [0.29, 0.717) is 6.42 Å². The number of rotatable bonds is 6. The van der Waals surface area contributed by atoms with Gasteiger partial charge in [0.15, 0.2) is 0 Å². The lowest BCUT2D eigenvalue weighted by Crippen LogP contribution is -2.36. The number of carbonyl (C=O) groups is 2. The topological polar surface area (TPSA) is 70.5 Å². The lowest BCUT2D eigenvalue weighted by atomic mass is 10.1. The molecule has 0 aliphatic heterocycles. The van der Waals surface area contributed by atoms with Gasteiger partial charge in [-0.1, -0.05) is 5.92 Å². The SMILES string of the molecule is C#CCN(CC(=O)O)C(=O)CCc1ccncc1. The lowest BCUT2D eigenvalue weighted by molar-refractivity contribution is -0.144. The summed E-state index contributed by atoms with van der Waals surface area (Å²) in [7, 11) is 0. The van der Waals surface area contributed by atoms with Crippen LogP contribution in [-0.2, 0) is 16.0 Å². The first kappa shape index (κ1) is 13.7. The van der Waals surface area contributed by atoms with E-state index in [1.165, 1.54) is 0 Å². The van der Waals surface area contributed by atoms with E-state index in [4.69, 9.17) is 11.5 Å². The van der Waals surface area contributed by atoms with Crippen molar-refractivity contribution < 1.29 is 14.7 Å². The number of aliphatic carboxylic acids is 1. The van der Waals surface area contributed by atoms with Gasteiger partial charge in [-0.3, -0.25) is 14.6 Å². The van der Waals surface area contributed by atoms with E-state index in [9.17, 15) is 9.59 Å². The molecule has 0 spiro atoms. The average Bonchev–Trinajstić information content (AvgIpc) is 2.36. The fourth-order valence-electron chi connectivity index (χ4n) is 1.46. The van der Waals surface area contributed by atoms with Crippen LogP contribution in [0.2, 0.25) is 0 Å². The summed E-state index contributed by atoms with van der Waals surface area (Å²) in [6, 6.07) is 3.63. The molecule has 1 heterocycles.